The Labute approximate surface area is 179 Å². The number of nitrogens with zero attached hydrogens (tertiary/aromatic N) is 4. The molecule has 3 atom stereocenters. The third-order valence-corrected chi connectivity index (χ3v) is 5.61. The Hall–Kier alpha value is -2.03. The minimum atomic E-state index is -0.287. The molecule has 1 aliphatic rings. The molecule has 156 valence electrons. The number of hydrogen-bond acceptors (Lipinski definition) is 6. The Bertz CT molecular complexity index is 836. The van der Waals surface area contributed by atoms with E-state index in [0.717, 1.165) is 6.54 Å². The molecule has 3 rings (SSSR count). The standard InChI is InChI=1S/C21H27BrN4O3/c1-14-10-26(15(2)13-27)21(28)18-8-17(22)9-24-20(18)29-19(14)12-25(3)11-16-4-6-23-7-5-16/h4-9,14-15,19,27H,10-13H2,1-3H3/t14-,15-,19+/m1/s1. The molecule has 2 aromatic heterocycles. The van der Waals surface area contributed by atoms with Crippen molar-refractivity contribution >= 4 is 21.8 Å². The number of amides is 1. The number of rotatable bonds is 6. The maximum Gasteiger partial charge on any atom is 0.259 e. The molecule has 3 heterocycles. The smallest absolute Gasteiger partial charge is 0.259 e. The fourth-order valence-electron chi connectivity index (χ4n) is 3.47. The van der Waals surface area contributed by atoms with E-state index in [1.165, 1.54) is 5.56 Å². The quantitative estimate of drug-likeness (QED) is 0.710. The topological polar surface area (TPSA) is 78.8 Å². The van der Waals surface area contributed by atoms with Crippen LogP contribution in [0.25, 0.3) is 0 Å². The van der Waals surface area contributed by atoms with Gasteiger partial charge in [0.1, 0.15) is 11.7 Å². The maximum absolute atomic E-state index is 13.1. The number of halogens is 1. The Kier molecular flexibility index (Phi) is 7.21. The number of fused-ring (bicyclic) bond motifs is 1. The van der Waals surface area contributed by atoms with Gasteiger partial charge in [0.05, 0.1) is 12.6 Å². The number of likely N-dealkylation sites (N-methyl/N-ethyl adjacent to an activating group) is 1. The molecule has 0 aromatic carbocycles. The second kappa shape index (κ2) is 9.65. The van der Waals surface area contributed by atoms with Crippen LogP contribution in [0.4, 0.5) is 0 Å². The van der Waals surface area contributed by atoms with E-state index in [-0.39, 0.29) is 30.6 Å². The Morgan fingerprint density at radius 2 is 2.14 bits per heavy atom. The lowest BCUT2D eigenvalue weighted by molar-refractivity contribution is 0.0325. The van der Waals surface area contributed by atoms with Crippen LogP contribution in [0.3, 0.4) is 0 Å². The largest absolute Gasteiger partial charge is 0.472 e. The van der Waals surface area contributed by atoms with E-state index in [4.69, 9.17) is 4.74 Å². The van der Waals surface area contributed by atoms with Crippen molar-refractivity contribution in [1.29, 1.82) is 0 Å². The van der Waals surface area contributed by atoms with E-state index in [9.17, 15) is 9.90 Å². The van der Waals surface area contributed by atoms with Gasteiger partial charge in [0.25, 0.3) is 5.91 Å². The molecule has 1 N–H and O–H groups in total. The van der Waals surface area contributed by atoms with Crippen molar-refractivity contribution in [3.05, 3.63) is 52.4 Å². The van der Waals surface area contributed by atoms with E-state index in [1.807, 2.05) is 26.1 Å². The van der Waals surface area contributed by atoms with E-state index < -0.39 is 0 Å². The van der Waals surface area contributed by atoms with Gasteiger partial charge in [-0.05, 0) is 53.7 Å². The van der Waals surface area contributed by atoms with Crippen molar-refractivity contribution in [2.75, 3.05) is 26.7 Å². The zero-order valence-corrected chi connectivity index (χ0v) is 18.5. The van der Waals surface area contributed by atoms with Crippen molar-refractivity contribution in [1.82, 2.24) is 19.8 Å². The molecule has 2 aromatic rings. The van der Waals surface area contributed by atoms with Crippen LogP contribution in [-0.4, -0.2) is 69.7 Å². The summed E-state index contributed by atoms with van der Waals surface area (Å²) < 4.78 is 6.96. The lowest BCUT2D eigenvalue weighted by Crippen LogP contribution is -2.49. The first-order chi connectivity index (χ1) is 13.9. The molecule has 0 spiro atoms. The average molecular weight is 463 g/mol. The predicted octanol–water partition coefficient (Wildman–Crippen LogP) is 2.59. The fraction of sp³-hybridized carbons (Fsp3) is 0.476. The maximum atomic E-state index is 13.1. The van der Waals surface area contributed by atoms with Crippen LogP contribution < -0.4 is 4.74 Å². The second-order valence-corrected chi connectivity index (χ2v) is 8.60. The molecule has 0 fully saturated rings. The van der Waals surface area contributed by atoms with Crippen molar-refractivity contribution in [2.45, 2.75) is 32.5 Å². The Balaban J connectivity index is 1.85. The molecule has 7 nitrogen and oxygen atoms in total. The summed E-state index contributed by atoms with van der Waals surface area (Å²) in [5.74, 6) is 0.222. The SMILES string of the molecule is C[C@@H]1CN([C@H](C)CO)C(=O)c2cc(Br)cnc2O[C@H]1CN(C)Cc1ccncc1. The van der Waals surface area contributed by atoms with Crippen molar-refractivity contribution in [3.63, 3.8) is 0 Å². The van der Waals surface area contributed by atoms with Gasteiger partial charge in [0.15, 0.2) is 0 Å². The van der Waals surface area contributed by atoms with Crippen LogP contribution in [0, 0.1) is 5.92 Å². The highest BCUT2D eigenvalue weighted by molar-refractivity contribution is 9.10. The number of pyridine rings is 2. The Morgan fingerprint density at radius 1 is 1.41 bits per heavy atom. The molecule has 1 amide bonds. The second-order valence-electron chi connectivity index (χ2n) is 7.68. The van der Waals surface area contributed by atoms with E-state index >= 15 is 0 Å². The van der Waals surface area contributed by atoms with E-state index in [0.29, 0.717) is 29.0 Å². The third-order valence-electron chi connectivity index (χ3n) is 5.18. The summed E-state index contributed by atoms with van der Waals surface area (Å²) in [6.45, 7) is 5.77. The minimum absolute atomic E-state index is 0.0615. The molecule has 0 aliphatic carbocycles. The van der Waals surface area contributed by atoms with Crippen LogP contribution in [0.2, 0.25) is 0 Å². The summed E-state index contributed by atoms with van der Waals surface area (Å²) in [4.78, 5) is 25.4. The van der Waals surface area contributed by atoms with Crippen molar-refractivity contribution in [2.24, 2.45) is 5.92 Å². The number of carbonyl (C=O) groups is 1. The van der Waals surface area contributed by atoms with Gasteiger partial charge in [-0.1, -0.05) is 6.92 Å². The monoisotopic (exact) mass is 462 g/mol. The highest BCUT2D eigenvalue weighted by Gasteiger charge is 2.34. The summed E-state index contributed by atoms with van der Waals surface area (Å²) in [5.41, 5.74) is 1.59. The van der Waals surface area contributed by atoms with Crippen LogP contribution in [0.15, 0.2) is 41.3 Å². The number of aromatic nitrogens is 2. The predicted molar refractivity (Wildman–Crippen MR) is 114 cm³/mol. The first-order valence-electron chi connectivity index (χ1n) is 9.70. The number of hydrogen-bond donors (Lipinski definition) is 1. The van der Waals surface area contributed by atoms with Gasteiger partial charge in [0.2, 0.25) is 5.88 Å². The van der Waals surface area contributed by atoms with Crippen molar-refractivity contribution in [3.8, 4) is 5.88 Å². The first kappa shape index (κ1) is 21.7. The van der Waals surface area contributed by atoms with Gasteiger partial charge in [-0.3, -0.25) is 14.7 Å². The number of ether oxygens (including phenoxy) is 1. The summed E-state index contributed by atoms with van der Waals surface area (Å²) in [6.07, 6.45) is 5.05. The van der Waals surface area contributed by atoms with Gasteiger partial charge < -0.3 is 14.7 Å². The van der Waals surface area contributed by atoms with E-state index in [1.54, 1.807) is 29.6 Å². The highest BCUT2D eigenvalue weighted by atomic mass is 79.9. The number of carbonyl (C=O) groups excluding carboxylic acids is 1. The minimum Gasteiger partial charge on any atom is -0.472 e. The molecule has 1 aliphatic heterocycles. The average Bonchev–Trinajstić information content (AvgIpc) is 2.71. The normalized spacial score (nSPS) is 20.6. The third kappa shape index (κ3) is 5.32. The number of aliphatic hydroxyl groups is 1. The van der Waals surface area contributed by atoms with Gasteiger partial charge in [-0.15, -0.1) is 0 Å². The zero-order chi connectivity index (χ0) is 21.0. The molecule has 0 saturated carbocycles. The van der Waals surface area contributed by atoms with Crippen LogP contribution in [0.1, 0.15) is 29.8 Å². The molecule has 0 unspecified atom stereocenters. The summed E-state index contributed by atoms with van der Waals surface area (Å²) in [6, 6.07) is 5.44. The summed E-state index contributed by atoms with van der Waals surface area (Å²) in [7, 11) is 2.05. The van der Waals surface area contributed by atoms with Crippen LogP contribution in [-0.2, 0) is 6.54 Å². The fourth-order valence-corrected chi connectivity index (χ4v) is 3.80. The van der Waals surface area contributed by atoms with E-state index in [2.05, 4.69) is 37.7 Å². The van der Waals surface area contributed by atoms with Crippen LogP contribution in [0.5, 0.6) is 5.88 Å². The molecule has 29 heavy (non-hydrogen) atoms. The molecule has 0 saturated heterocycles. The molecular formula is C21H27BrN4O3. The van der Waals surface area contributed by atoms with Crippen molar-refractivity contribution < 1.29 is 14.6 Å². The first-order valence-corrected chi connectivity index (χ1v) is 10.5. The zero-order valence-electron chi connectivity index (χ0n) is 17.0. The lowest BCUT2D eigenvalue weighted by Gasteiger charge is -2.37. The summed E-state index contributed by atoms with van der Waals surface area (Å²) >= 11 is 3.39. The van der Waals surface area contributed by atoms with Gasteiger partial charge in [0, 0.05) is 48.6 Å². The highest BCUT2D eigenvalue weighted by Crippen LogP contribution is 2.28. The molecule has 0 radical (unpaired) electrons. The van der Waals surface area contributed by atoms with Gasteiger partial charge in [-0.25, -0.2) is 4.98 Å². The summed E-state index contributed by atoms with van der Waals surface area (Å²) in [5, 5.41) is 9.67. The molecule has 0 bridgehead atoms. The molecular weight excluding hydrogens is 436 g/mol. The molecule has 8 heteroatoms. The number of aliphatic hydroxyl groups excluding tert-OH is 1. The lowest BCUT2D eigenvalue weighted by atomic mass is 10.00. The van der Waals surface area contributed by atoms with Gasteiger partial charge >= 0.3 is 0 Å². The van der Waals surface area contributed by atoms with Gasteiger partial charge in [-0.2, -0.15) is 0 Å². The Morgan fingerprint density at radius 3 is 2.83 bits per heavy atom. The van der Waals surface area contributed by atoms with Crippen LogP contribution >= 0.6 is 15.9 Å².